The maximum atomic E-state index is 11.1. The first kappa shape index (κ1) is 14.5. The van der Waals surface area contributed by atoms with E-state index in [1.54, 1.807) is 23.5 Å². The first-order valence-electron chi connectivity index (χ1n) is 7.47. The lowest BCUT2D eigenvalue weighted by Gasteiger charge is -2.34. The summed E-state index contributed by atoms with van der Waals surface area (Å²) in [7, 11) is 0. The highest BCUT2D eigenvalue weighted by Gasteiger charge is 2.24. The number of rotatable bonds is 3. The number of hydrogen-bond acceptors (Lipinski definition) is 4. The van der Waals surface area contributed by atoms with Gasteiger partial charge in [0, 0.05) is 21.7 Å². The lowest BCUT2D eigenvalue weighted by molar-refractivity contribution is -0.383. The number of hydrogen-bond donors (Lipinski definition) is 0. The average molecular weight is 304 g/mol. The maximum Gasteiger partial charge on any atom is 0.278 e. The lowest BCUT2D eigenvalue weighted by Crippen LogP contribution is -2.37. The molecule has 21 heavy (non-hydrogen) atoms. The zero-order chi connectivity index (χ0) is 15.0. The molecule has 4 nitrogen and oxygen atoms in total. The van der Waals surface area contributed by atoms with Crippen LogP contribution in [0.4, 0.5) is 5.69 Å². The van der Waals surface area contributed by atoms with Gasteiger partial charge in [0.05, 0.1) is 10.3 Å². The number of nitro benzene ring substituents is 1. The minimum absolute atomic E-state index is 0.231. The van der Waals surface area contributed by atoms with Crippen molar-refractivity contribution >= 4 is 27.1 Å². The van der Waals surface area contributed by atoms with E-state index in [1.807, 2.05) is 12.1 Å². The molecule has 1 saturated heterocycles. The first-order valence-corrected chi connectivity index (χ1v) is 8.29. The van der Waals surface area contributed by atoms with Crippen LogP contribution in [0.15, 0.2) is 24.3 Å². The van der Waals surface area contributed by atoms with E-state index < -0.39 is 0 Å². The summed E-state index contributed by atoms with van der Waals surface area (Å²) in [6, 6.07) is 8.02. The Balaban J connectivity index is 1.86. The molecule has 2 aromatic rings. The van der Waals surface area contributed by atoms with E-state index >= 15 is 0 Å². The zero-order valence-corrected chi connectivity index (χ0v) is 13.2. The second kappa shape index (κ2) is 5.73. The van der Waals surface area contributed by atoms with Gasteiger partial charge in [-0.05, 0) is 57.8 Å². The lowest BCUT2D eigenvalue weighted by atomic mass is 9.94. The van der Waals surface area contributed by atoms with Crippen molar-refractivity contribution in [1.82, 2.24) is 4.90 Å². The maximum absolute atomic E-state index is 11.1. The summed E-state index contributed by atoms with van der Waals surface area (Å²) in [4.78, 5) is 14.7. The van der Waals surface area contributed by atoms with Crippen LogP contribution in [-0.2, 0) is 0 Å². The molecule has 5 heteroatoms. The molecule has 0 aliphatic carbocycles. The van der Waals surface area contributed by atoms with Crippen LogP contribution >= 0.6 is 11.3 Å². The number of non-ortho nitro benzene ring substituents is 1. The van der Waals surface area contributed by atoms with Crippen LogP contribution in [0.5, 0.6) is 0 Å². The largest absolute Gasteiger partial charge is 0.301 e. The van der Waals surface area contributed by atoms with Gasteiger partial charge in [0.25, 0.3) is 5.69 Å². The third-order valence-electron chi connectivity index (χ3n) is 4.42. The number of benzene rings is 1. The Bertz CT molecular complexity index is 657. The molecule has 0 bridgehead atoms. The fourth-order valence-electron chi connectivity index (χ4n) is 3.13. The molecule has 0 radical (unpaired) electrons. The highest BCUT2D eigenvalue weighted by molar-refractivity contribution is 7.19. The summed E-state index contributed by atoms with van der Waals surface area (Å²) in [5, 5.41) is 11.9. The van der Waals surface area contributed by atoms with E-state index in [0.717, 1.165) is 36.0 Å². The molecule has 1 fully saturated rings. The molecule has 0 unspecified atom stereocenters. The molecule has 1 aliphatic rings. The Morgan fingerprint density at radius 1 is 1.33 bits per heavy atom. The smallest absolute Gasteiger partial charge is 0.278 e. The molecular formula is C16H20N2O2S. The van der Waals surface area contributed by atoms with Gasteiger partial charge in [-0.2, -0.15) is 0 Å². The Morgan fingerprint density at radius 2 is 2.05 bits per heavy atom. The number of thiophene rings is 1. The van der Waals surface area contributed by atoms with Gasteiger partial charge in [-0.3, -0.25) is 10.1 Å². The molecule has 0 N–H and O–H groups in total. The molecule has 1 aliphatic heterocycles. The molecule has 0 atom stereocenters. The Morgan fingerprint density at radius 3 is 2.67 bits per heavy atom. The molecular weight excluding hydrogens is 284 g/mol. The number of likely N-dealkylation sites (tertiary alicyclic amines) is 1. The van der Waals surface area contributed by atoms with Crippen LogP contribution in [0.25, 0.3) is 10.1 Å². The van der Waals surface area contributed by atoms with Gasteiger partial charge in [-0.1, -0.05) is 6.07 Å². The van der Waals surface area contributed by atoms with E-state index in [9.17, 15) is 10.1 Å². The molecule has 1 aromatic carbocycles. The van der Waals surface area contributed by atoms with Crippen LogP contribution in [0.2, 0.25) is 0 Å². The topological polar surface area (TPSA) is 46.4 Å². The van der Waals surface area contributed by atoms with Crippen LogP contribution in [-0.4, -0.2) is 29.0 Å². The van der Waals surface area contributed by atoms with Gasteiger partial charge in [0.2, 0.25) is 0 Å². The van der Waals surface area contributed by atoms with Gasteiger partial charge >= 0.3 is 0 Å². The Kier molecular flexibility index (Phi) is 3.95. The van der Waals surface area contributed by atoms with Crippen molar-refractivity contribution in [3.63, 3.8) is 0 Å². The first-order chi connectivity index (χ1) is 10.1. The fraction of sp³-hybridized carbons (Fsp3) is 0.500. The summed E-state index contributed by atoms with van der Waals surface area (Å²) in [6.45, 7) is 6.73. The van der Waals surface area contributed by atoms with Gasteiger partial charge in [0.15, 0.2) is 0 Å². The molecule has 0 amide bonds. The predicted molar refractivity (Wildman–Crippen MR) is 87.2 cm³/mol. The number of nitrogens with zero attached hydrogens (tertiary/aromatic N) is 2. The highest BCUT2D eigenvalue weighted by atomic mass is 32.1. The second-order valence-electron chi connectivity index (χ2n) is 6.00. The minimum Gasteiger partial charge on any atom is -0.301 e. The van der Waals surface area contributed by atoms with Crippen LogP contribution in [0, 0.1) is 10.1 Å². The van der Waals surface area contributed by atoms with Crippen LogP contribution < -0.4 is 0 Å². The van der Waals surface area contributed by atoms with Crippen molar-refractivity contribution < 1.29 is 4.92 Å². The Hall–Kier alpha value is -1.46. The predicted octanol–water partition coefficient (Wildman–Crippen LogP) is 4.40. The average Bonchev–Trinajstić information content (AvgIpc) is 2.90. The Labute approximate surface area is 128 Å². The third kappa shape index (κ3) is 2.80. The van der Waals surface area contributed by atoms with E-state index in [0.29, 0.717) is 12.0 Å². The van der Waals surface area contributed by atoms with Crippen molar-refractivity contribution in [1.29, 1.82) is 0 Å². The normalized spacial score (nSPS) is 17.7. The highest BCUT2D eigenvalue weighted by Crippen LogP contribution is 2.39. The number of piperidine rings is 1. The van der Waals surface area contributed by atoms with Crippen LogP contribution in [0.3, 0.4) is 0 Å². The summed E-state index contributed by atoms with van der Waals surface area (Å²) < 4.78 is 1.03. The van der Waals surface area contributed by atoms with Gasteiger partial charge in [-0.25, -0.2) is 0 Å². The SMILES string of the molecule is CC(C)N1CCC(c2cc3c([N+](=O)[O-])cccc3s2)CC1. The van der Waals surface area contributed by atoms with Crippen molar-refractivity contribution in [3.8, 4) is 0 Å². The second-order valence-corrected chi connectivity index (χ2v) is 7.11. The minimum atomic E-state index is -0.278. The molecule has 1 aromatic heterocycles. The van der Waals surface area contributed by atoms with Crippen LogP contribution in [0.1, 0.15) is 37.5 Å². The summed E-state index contributed by atoms with van der Waals surface area (Å²) in [5.74, 6) is 0.553. The standard InChI is InChI=1S/C16H20N2O2S/c1-11(2)17-8-6-12(7-9-17)16-10-13-14(18(19)20)4-3-5-15(13)21-16/h3-5,10-12H,6-9H2,1-2H3. The molecule has 0 spiro atoms. The van der Waals surface area contributed by atoms with Gasteiger partial charge in [0.1, 0.15) is 0 Å². The van der Waals surface area contributed by atoms with E-state index in [-0.39, 0.29) is 10.6 Å². The zero-order valence-electron chi connectivity index (χ0n) is 12.4. The molecule has 0 saturated carbocycles. The van der Waals surface area contributed by atoms with Crippen molar-refractivity contribution in [2.24, 2.45) is 0 Å². The molecule has 112 valence electrons. The quantitative estimate of drug-likeness (QED) is 0.624. The fourth-order valence-corrected chi connectivity index (χ4v) is 4.38. The number of nitro groups is 1. The van der Waals surface area contributed by atoms with Gasteiger partial charge in [-0.15, -0.1) is 11.3 Å². The van der Waals surface area contributed by atoms with Crippen molar-refractivity contribution in [2.75, 3.05) is 13.1 Å². The molecule has 2 heterocycles. The number of fused-ring (bicyclic) bond motifs is 1. The van der Waals surface area contributed by atoms with Gasteiger partial charge < -0.3 is 4.90 Å². The summed E-state index contributed by atoms with van der Waals surface area (Å²) in [5.41, 5.74) is 0.231. The summed E-state index contributed by atoms with van der Waals surface area (Å²) in [6.07, 6.45) is 2.30. The van der Waals surface area contributed by atoms with E-state index in [2.05, 4.69) is 18.7 Å². The van der Waals surface area contributed by atoms with E-state index in [4.69, 9.17) is 0 Å². The third-order valence-corrected chi connectivity index (χ3v) is 5.68. The monoisotopic (exact) mass is 304 g/mol. The van der Waals surface area contributed by atoms with E-state index in [1.165, 1.54) is 4.88 Å². The molecule has 3 rings (SSSR count). The van der Waals surface area contributed by atoms with Crippen molar-refractivity contribution in [3.05, 3.63) is 39.3 Å². The summed E-state index contributed by atoms with van der Waals surface area (Å²) >= 11 is 1.72. The van der Waals surface area contributed by atoms with Crippen molar-refractivity contribution in [2.45, 2.75) is 38.6 Å².